The van der Waals surface area contributed by atoms with Gasteiger partial charge in [0.2, 0.25) is 0 Å². The molecule has 8 heavy (non-hydrogen) atoms. The smallest absolute Gasteiger partial charge is 0.115 e. The molecule has 0 aliphatic carbocycles. The molecule has 1 N–H and O–H groups in total. The fourth-order valence-electron chi connectivity index (χ4n) is 0.348. The van der Waals surface area contributed by atoms with Crippen molar-refractivity contribution in [2.75, 3.05) is 4.34 Å². The highest BCUT2D eigenvalue weighted by Crippen LogP contribution is 2.00. The maximum Gasteiger partial charge on any atom is 0.115 e. The van der Waals surface area contributed by atoms with Gasteiger partial charge in [-0.1, -0.05) is 0 Å². The number of nitrogens with one attached hydrogen (secondary N) is 1. The van der Waals surface area contributed by atoms with Crippen LogP contribution in [0.15, 0.2) is 18.7 Å². The Morgan fingerprint density at radius 3 is 2.38 bits per heavy atom. The fourth-order valence-corrected chi connectivity index (χ4v) is 0.553. The molecular formula is C4H4BrN3. The summed E-state index contributed by atoms with van der Waals surface area (Å²) in [5.74, 6) is 0. The normalized spacial score (nSPS) is 8.62. The number of hydrogen-bond donors (Lipinski definition) is 1. The van der Waals surface area contributed by atoms with Crippen molar-refractivity contribution in [3.05, 3.63) is 18.7 Å². The summed E-state index contributed by atoms with van der Waals surface area (Å²) < 4.78 is 2.71. The Bertz CT molecular complexity index is 153. The van der Waals surface area contributed by atoms with Crippen LogP contribution < -0.4 is 4.34 Å². The number of anilines is 1. The van der Waals surface area contributed by atoms with Gasteiger partial charge in [0.25, 0.3) is 0 Å². The predicted molar refractivity (Wildman–Crippen MR) is 34.6 cm³/mol. The van der Waals surface area contributed by atoms with E-state index < -0.39 is 0 Å². The van der Waals surface area contributed by atoms with Gasteiger partial charge in [-0.2, -0.15) is 0 Å². The van der Waals surface area contributed by atoms with Gasteiger partial charge in [-0.3, -0.25) is 0 Å². The van der Waals surface area contributed by atoms with Gasteiger partial charge in [0.05, 0.1) is 18.1 Å². The standard InChI is InChI=1S/C4H4BrN3/c5-8-4-1-6-3-7-2-4/h1-3,8H. The minimum atomic E-state index is 0.854. The first-order chi connectivity index (χ1) is 3.93. The van der Waals surface area contributed by atoms with Gasteiger partial charge in [0, 0.05) is 16.1 Å². The lowest BCUT2D eigenvalue weighted by molar-refractivity contribution is 1.17. The summed E-state index contributed by atoms with van der Waals surface area (Å²) in [4.78, 5) is 7.50. The van der Waals surface area contributed by atoms with Crippen LogP contribution in [-0.4, -0.2) is 9.97 Å². The highest BCUT2D eigenvalue weighted by atomic mass is 79.9. The zero-order valence-electron chi connectivity index (χ0n) is 4.00. The lowest BCUT2D eigenvalue weighted by Crippen LogP contribution is -1.81. The van der Waals surface area contributed by atoms with E-state index in [0.29, 0.717) is 0 Å². The summed E-state index contributed by atoms with van der Waals surface area (Å²) in [6.45, 7) is 0. The first-order valence-corrected chi connectivity index (χ1v) is 2.84. The van der Waals surface area contributed by atoms with Crippen LogP contribution in [0.5, 0.6) is 0 Å². The minimum absolute atomic E-state index is 0.854. The summed E-state index contributed by atoms with van der Waals surface area (Å²) in [6.07, 6.45) is 4.82. The molecule has 0 amide bonds. The number of halogens is 1. The van der Waals surface area contributed by atoms with Crippen LogP contribution in [0.3, 0.4) is 0 Å². The molecule has 1 heterocycles. The van der Waals surface area contributed by atoms with Gasteiger partial charge in [0.1, 0.15) is 6.33 Å². The Hall–Kier alpha value is -0.640. The van der Waals surface area contributed by atoms with Crippen LogP contribution in [-0.2, 0) is 0 Å². The molecule has 0 aliphatic rings. The molecule has 0 saturated carbocycles. The molecule has 1 aromatic heterocycles. The molecule has 0 radical (unpaired) electrons. The van der Waals surface area contributed by atoms with E-state index in [9.17, 15) is 0 Å². The van der Waals surface area contributed by atoms with Gasteiger partial charge in [0.15, 0.2) is 0 Å². The molecule has 0 unspecified atom stereocenters. The van der Waals surface area contributed by atoms with E-state index in [-0.39, 0.29) is 0 Å². The summed E-state index contributed by atoms with van der Waals surface area (Å²) >= 11 is 3.03. The molecule has 0 spiro atoms. The van der Waals surface area contributed by atoms with Crippen LogP contribution in [0.2, 0.25) is 0 Å². The van der Waals surface area contributed by atoms with Crippen molar-refractivity contribution >= 4 is 21.8 Å². The molecule has 0 bridgehead atoms. The third kappa shape index (κ3) is 1.16. The van der Waals surface area contributed by atoms with Crippen molar-refractivity contribution in [3.8, 4) is 0 Å². The summed E-state index contributed by atoms with van der Waals surface area (Å²) in [5.41, 5.74) is 0.854. The molecular weight excluding hydrogens is 170 g/mol. The Balaban J connectivity index is 2.83. The Morgan fingerprint density at radius 1 is 1.38 bits per heavy atom. The lowest BCUT2D eigenvalue weighted by atomic mass is 10.6. The minimum Gasteiger partial charge on any atom is -0.320 e. The summed E-state index contributed by atoms with van der Waals surface area (Å²) in [6, 6.07) is 0. The fraction of sp³-hybridized carbons (Fsp3) is 0. The molecule has 42 valence electrons. The molecule has 0 aromatic carbocycles. The molecule has 1 aromatic rings. The van der Waals surface area contributed by atoms with Crippen molar-refractivity contribution in [2.24, 2.45) is 0 Å². The third-order valence-electron chi connectivity index (χ3n) is 0.670. The second kappa shape index (κ2) is 2.61. The van der Waals surface area contributed by atoms with E-state index in [4.69, 9.17) is 0 Å². The van der Waals surface area contributed by atoms with E-state index in [0.717, 1.165) is 5.69 Å². The van der Waals surface area contributed by atoms with E-state index in [1.54, 1.807) is 12.4 Å². The molecule has 4 heteroatoms. The van der Waals surface area contributed by atoms with Crippen LogP contribution >= 0.6 is 16.1 Å². The van der Waals surface area contributed by atoms with Crippen LogP contribution in [0.4, 0.5) is 5.69 Å². The first-order valence-electron chi connectivity index (χ1n) is 2.05. The van der Waals surface area contributed by atoms with E-state index >= 15 is 0 Å². The maximum absolute atomic E-state index is 3.75. The molecule has 0 saturated heterocycles. The van der Waals surface area contributed by atoms with Crippen molar-refractivity contribution in [1.29, 1.82) is 0 Å². The zero-order valence-corrected chi connectivity index (χ0v) is 5.59. The third-order valence-corrected chi connectivity index (χ3v) is 1.13. The van der Waals surface area contributed by atoms with Crippen molar-refractivity contribution in [1.82, 2.24) is 9.97 Å². The highest BCUT2D eigenvalue weighted by Gasteiger charge is 1.81. The summed E-state index contributed by atoms with van der Waals surface area (Å²) in [5, 5.41) is 0. The van der Waals surface area contributed by atoms with Gasteiger partial charge < -0.3 is 4.34 Å². The SMILES string of the molecule is BrNc1cncnc1. The van der Waals surface area contributed by atoms with Crippen molar-refractivity contribution in [2.45, 2.75) is 0 Å². The second-order valence-electron chi connectivity index (χ2n) is 1.22. The molecule has 0 fully saturated rings. The molecule has 0 aliphatic heterocycles. The average Bonchev–Trinajstić information content (AvgIpc) is 1.90. The highest BCUT2D eigenvalue weighted by molar-refractivity contribution is 9.10. The first kappa shape index (κ1) is 5.50. The average molecular weight is 174 g/mol. The Labute approximate surface area is 55.5 Å². The number of hydrogen-bond acceptors (Lipinski definition) is 3. The zero-order chi connectivity index (χ0) is 5.82. The van der Waals surface area contributed by atoms with Gasteiger partial charge >= 0.3 is 0 Å². The second-order valence-corrected chi connectivity index (χ2v) is 1.62. The molecule has 0 atom stereocenters. The lowest BCUT2D eigenvalue weighted by Gasteiger charge is -1.90. The summed E-state index contributed by atoms with van der Waals surface area (Å²) in [7, 11) is 0. The van der Waals surface area contributed by atoms with E-state index in [1.165, 1.54) is 6.33 Å². The molecule has 1 rings (SSSR count). The van der Waals surface area contributed by atoms with Gasteiger partial charge in [-0.25, -0.2) is 9.97 Å². The van der Waals surface area contributed by atoms with Crippen LogP contribution in [0.25, 0.3) is 0 Å². The van der Waals surface area contributed by atoms with Crippen LogP contribution in [0, 0.1) is 0 Å². The monoisotopic (exact) mass is 173 g/mol. The van der Waals surface area contributed by atoms with Crippen molar-refractivity contribution < 1.29 is 0 Å². The quantitative estimate of drug-likeness (QED) is 0.650. The Morgan fingerprint density at radius 2 is 2.00 bits per heavy atom. The Kier molecular flexibility index (Phi) is 1.80. The van der Waals surface area contributed by atoms with Crippen molar-refractivity contribution in [3.63, 3.8) is 0 Å². The predicted octanol–water partition coefficient (Wildman–Crippen LogP) is 1.20. The number of nitrogens with zero attached hydrogens (tertiary/aromatic N) is 2. The van der Waals surface area contributed by atoms with E-state index in [2.05, 4.69) is 30.5 Å². The van der Waals surface area contributed by atoms with Gasteiger partial charge in [-0.05, 0) is 0 Å². The van der Waals surface area contributed by atoms with Crippen LogP contribution in [0.1, 0.15) is 0 Å². The molecule has 3 nitrogen and oxygen atoms in total. The van der Waals surface area contributed by atoms with Gasteiger partial charge in [-0.15, -0.1) is 0 Å². The number of aromatic nitrogens is 2. The largest absolute Gasteiger partial charge is 0.320 e. The number of rotatable bonds is 1. The maximum atomic E-state index is 3.75. The van der Waals surface area contributed by atoms with E-state index in [1.807, 2.05) is 0 Å². The topological polar surface area (TPSA) is 37.8 Å².